The van der Waals surface area contributed by atoms with E-state index in [9.17, 15) is 27.9 Å². The Balaban J connectivity index is 1.84. The van der Waals surface area contributed by atoms with Gasteiger partial charge in [0.25, 0.3) is 5.91 Å². The third-order valence-corrected chi connectivity index (χ3v) is 6.02. The van der Waals surface area contributed by atoms with Crippen LogP contribution in [0.5, 0.6) is 0 Å². The van der Waals surface area contributed by atoms with Crippen LogP contribution >= 0.6 is 15.9 Å². The fourth-order valence-corrected chi connectivity index (χ4v) is 3.70. The van der Waals surface area contributed by atoms with Gasteiger partial charge in [-0.2, -0.15) is 13.2 Å². The van der Waals surface area contributed by atoms with E-state index in [1.54, 1.807) is 13.8 Å². The minimum atomic E-state index is -4.51. The van der Waals surface area contributed by atoms with E-state index in [1.165, 1.54) is 6.07 Å². The molecule has 162 valence electrons. The van der Waals surface area contributed by atoms with E-state index in [4.69, 9.17) is 4.52 Å². The van der Waals surface area contributed by atoms with Crippen molar-refractivity contribution in [1.82, 2.24) is 5.16 Å². The Hall–Kier alpha value is -2.40. The van der Waals surface area contributed by atoms with Crippen LogP contribution in [0.4, 0.5) is 24.7 Å². The Morgan fingerprint density at radius 2 is 1.97 bits per heavy atom. The lowest BCUT2D eigenvalue weighted by Crippen LogP contribution is -2.50. The Bertz CT molecular complexity index is 959. The highest BCUT2D eigenvalue weighted by Crippen LogP contribution is 2.41. The summed E-state index contributed by atoms with van der Waals surface area (Å²) in [6.45, 7) is 3.29. The van der Waals surface area contributed by atoms with Gasteiger partial charge in [0.2, 0.25) is 11.8 Å². The maximum Gasteiger partial charge on any atom is 0.416 e. The number of benzene rings is 1. The number of nitrogens with one attached hydrogen (secondary N) is 1. The summed E-state index contributed by atoms with van der Waals surface area (Å²) < 4.78 is 42.1. The summed E-state index contributed by atoms with van der Waals surface area (Å²) in [5, 5.41) is 15.8. The first-order valence-electron chi connectivity index (χ1n) is 8.97. The minimum absolute atomic E-state index is 0.0158. The van der Waals surface area contributed by atoms with Crippen LogP contribution in [-0.4, -0.2) is 33.1 Å². The Morgan fingerprint density at radius 3 is 2.53 bits per heavy atom. The summed E-state index contributed by atoms with van der Waals surface area (Å²) in [4.78, 5) is 26.5. The number of aliphatic hydroxyl groups excluding tert-OH is 1. The Morgan fingerprint density at radius 1 is 1.33 bits per heavy atom. The molecule has 1 aliphatic rings. The lowest BCUT2D eigenvalue weighted by molar-refractivity contribution is -0.137. The van der Waals surface area contributed by atoms with Crippen LogP contribution < -0.4 is 10.2 Å². The molecule has 0 radical (unpaired) electrons. The molecule has 30 heavy (non-hydrogen) atoms. The van der Waals surface area contributed by atoms with Crippen molar-refractivity contribution in [1.29, 1.82) is 0 Å². The van der Waals surface area contributed by atoms with Gasteiger partial charge in [0.15, 0.2) is 4.45 Å². The van der Waals surface area contributed by atoms with E-state index in [1.807, 2.05) is 0 Å². The number of hydrogen-bond acceptors (Lipinski definition) is 5. The molecule has 2 N–H and O–H groups in total. The fraction of sp³-hybridized carbons (Fsp3) is 0.421. The van der Waals surface area contributed by atoms with Crippen molar-refractivity contribution in [2.45, 2.75) is 42.7 Å². The van der Waals surface area contributed by atoms with Crippen LogP contribution in [0.25, 0.3) is 0 Å². The zero-order valence-corrected chi connectivity index (χ0v) is 17.7. The highest BCUT2D eigenvalue weighted by molar-refractivity contribution is 9.10. The zero-order chi connectivity index (χ0) is 22.3. The van der Waals surface area contributed by atoms with Crippen molar-refractivity contribution in [3.05, 3.63) is 41.6 Å². The second kappa shape index (κ2) is 7.69. The van der Waals surface area contributed by atoms with E-state index in [-0.39, 0.29) is 31.0 Å². The van der Waals surface area contributed by atoms with Crippen LogP contribution in [0.15, 0.2) is 34.9 Å². The van der Waals surface area contributed by atoms with Gasteiger partial charge in [0.1, 0.15) is 0 Å². The molecule has 1 aliphatic heterocycles. The molecule has 1 fully saturated rings. The molecule has 2 amide bonds. The molecule has 1 unspecified atom stereocenters. The van der Waals surface area contributed by atoms with E-state index >= 15 is 0 Å². The summed E-state index contributed by atoms with van der Waals surface area (Å²) in [6.07, 6.45) is -4.39. The molecule has 0 saturated carbocycles. The number of alkyl halides is 4. The van der Waals surface area contributed by atoms with Crippen LogP contribution in [0.1, 0.15) is 37.9 Å². The molecule has 0 aliphatic carbocycles. The molecular weight excluding hydrogens is 471 g/mol. The molecule has 1 saturated heterocycles. The van der Waals surface area contributed by atoms with Crippen molar-refractivity contribution in [2.24, 2.45) is 0 Å². The Labute approximate surface area is 178 Å². The molecule has 3 rings (SSSR count). The predicted octanol–water partition coefficient (Wildman–Crippen LogP) is 3.82. The van der Waals surface area contributed by atoms with Gasteiger partial charge in [0.05, 0.1) is 17.9 Å². The summed E-state index contributed by atoms with van der Waals surface area (Å²) in [6, 6.07) is 5.46. The van der Waals surface area contributed by atoms with Gasteiger partial charge in [0, 0.05) is 23.6 Å². The summed E-state index contributed by atoms with van der Waals surface area (Å²) in [5.74, 6) is -1.04. The van der Waals surface area contributed by atoms with E-state index in [0.717, 1.165) is 29.2 Å². The second-order valence-electron chi connectivity index (χ2n) is 7.61. The number of amides is 2. The van der Waals surface area contributed by atoms with E-state index in [0.29, 0.717) is 5.69 Å². The molecule has 0 bridgehead atoms. The monoisotopic (exact) mass is 489 g/mol. The van der Waals surface area contributed by atoms with Crippen LogP contribution in [-0.2, 0) is 21.2 Å². The van der Waals surface area contributed by atoms with Crippen LogP contribution in [0.3, 0.4) is 0 Å². The van der Waals surface area contributed by atoms with Crippen molar-refractivity contribution in [3.63, 3.8) is 0 Å². The highest BCUT2D eigenvalue weighted by Gasteiger charge is 2.50. The van der Waals surface area contributed by atoms with Crippen LogP contribution in [0, 0.1) is 0 Å². The van der Waals surface area contributed by atoms with Crippen molar-refractivity contribution in [2.75, 3.05) is 16.8 Å². The number of aromatic nitrogens is 1. The van der Waals surface area contributed by atoms with E-state index < -0.39 is 33.4 Å². The average Bonchev–Trinajstić information content (AvgIpc) is 3.27. The fourth-order valence-electron chi connectivity index (χ4n) is 3.00. The number of carbonyl (C=O) groups excluding carboxylic acids is 2. The van der Waals surface area contributed by atoms with Gasteiger partial charge in [-0.3, -0.25) is 19.8 Å². The van der Waals surface area contributed by atoms with Crippen LogP contribution in [0.2, 0.25) is 0 Å². The summed E-state index contributed by atoms with van der Waals surface area (Å²) in [7, 11) is 0. The van der Waals surface area contributed by atoms with Gasteiger partial charge in [-0.25, -0.2) is 0 Å². The smallest absolute Gasteiger partial charge is 0.395 e. The number of carbonyl (C=O) groups is 2. The number of rotatable bonds is 5. The largest absolute Gasteiger partial charge is 0.416 e. The maximum atomic E-state index is 13.0. The molecular formula is C19H19BrF3N3O4. The second-order valence-corrected chi connectivity index (χ2v) is 8.92. The van der Waals surface area contributed by atoms with Gasteiger partial charge < -0.3 is 9.63 Å². The summed E-state index contributed by atoms with van der Waals surface area (Å²) >= 11 is 3.30. The topological polar surface area (TPSA) is 95.7 Å². The predicted molar refractivity (Wildman–Crippen MR) is 105 cm³/mol. The molecule has 7 nitrogen and oxygen atoms in total. The van der Waals surface area contributed by atoms with Gasteiger partial charge in [-0.15, -0.1) is 0 Å². The maximum absolute atomic E-state index is 13.0. The molecule has 1 atom stereocenters. The van der Waals surface area contributed by atoms with Crippen molar-refractivity contribution in [3.8, 4) is 0 Å². The number of halogens is 4. The number of anilines is 2. The first-order valence-corrected chi connectivity index (χ1v) is 9.76. The lowest BCUT2D eigenvalue weighted by Gasteiger charge is -2.31. The lowest BCUT2D eigenvalue weighted by atomic mass is 9.91. The average molecular weight is 490 g/mol. The van der Waals surface area contributed by atoms with Crippen molar-refractivity contribution >= 4 is 39.3 Å². The molecule has 11 heteroatoms. The number of hydrogen-bond donors (Lipinski definition) is 2. The molecule has 1 aromatic heterocycles. The number of aliphatic hydroxyl groups is 1. The molecule has 2 heterocycles. The normalized spacial score (nSPS) is 20.0. The van der Waals surface area contributed by atoms with Gasteiger partial charge >= 0.3 is 6.18 Å². The van der Waals surface area contributed by atoms with Gasteiger partial charge in [-0.05, 0) is 30.7 Å². The highest BCUT2D eigenvalue weighted by atomic mass is 79.9. The third-order valence-electron chi connectivity index (χ3n) is 4.91. The SMILES string of the molecule is CC(C)(CO)c1cc(NC(=O)C2(Br)CCC(=O)N2c2ccc(C(F)(F)F)cc2)on1. The molecule has 1 aromatic carbocycles. The number of nitrogens with zero attached hydrogens (tertiary/aromatic N) is 2. The first-order chi connectivity index (χ1) is 13.9. The van der Waals surface area contributed by atoms with Gasteiger partial charge in [-0.1, -0.05) is 34.9 Å². The van der Waals surface area contributed by atoms with E-state index in [2.05, 4.69) is 26.4 Å². The third kappa shape index (κ3) is 4.08. The summed E-state index contributed by atoms with van der Waals surface area (Å²) in [5.41, 5.74) is -0.972. The Kier molecular flexibility index (Phi) is 5.72. The molecule has 2 aromatic rings. The first kappa shape index (κ1) is 22.3. The minimum Gasteiger partial charge on any atom is -0.395 e. The molecule has 0 spiro atoms. The standard InChI is InChI=1S/C19H19BrF3N3O4/c1-17(2,10-27)13-9-14(30-25-13)24-16(29)18(20)8-7-15(28)26(18)12-5-3-11(4-6-12)19(21,22)23/h3-6,9,27H,7-8,10H2,1-2H3,(H,24,29). The zero-order valence-electron chi connectivity index (χ0n) is 16.1. The quantitative estimate of drug-likeness (QED) is 0.491. The van der Waals surface area contributed by atoms with Crippen molar-refractivity contribution < 1.29 is 32.4 Å².